The van der Waals surface area contributed by atoms with E-state index >= 15 is 0 Å². The van der Waals surface area contributed by atoms with Crippen molar-refractivity contribution in [3.05, 3.63) is 53.6 Å². The summed E-state index contributed by atoms with van der Waals surface area (Å²) in [5.74, 6) is 2.06. The Hall–Kier alpha value is -1.47. The molecule has 0 amide bonds. The van der Waals surface area contributed by atoms with Gasteiger partial charge in [0.2, 0.25) is 0 Å². The monoisotopic (exact) mass is 328 g/mol. The first-order valence-electron chi connectivity index (χ1n) is 8.38. The maximum atomic E-state index is 6.10. The van der Waals surface area contributed by atoms with Gasteiger partial charge in [-0.3, -0.25) is 0 Å². The second-order valence-electron chi connectivity index (χ2n) is 7.22. The van der Waals surface area contributed by atoms with Crippen molar-refractivity contribution in [1.29, 1.82) is 0 Å². The normalized spacial score (nSPS) is 19.7. The van der Waals surface area contributed by atoms with Gasteiger partial charge < -0.3 is 4.74 Å². The van der Waals surface area contributed by atoms with Crippen molar-refractivity contribution in [2.24, 2.45) is 5.41 Å². The van der Waals surface area contributed by atoms with E-state index in [1.807, 2.05) is 6.07 Å². The largest absolute Gasteiger partial charge is 0.497 e. The van der Waals surface area contributed by atoms with E-state index < -0.39 is 0 Å². The summed E-state index contributed by atoms with van der Waals surface area (Å²) in [7, 11) is 1.72. The molecule has 1 aliphatic rings. The van der Waals surface area contributed by atoms with E-state index in [1.54, 1.807) is 7.11 Å². The second-order valence-corrected chi connectivity index (χ2v) is 7.49. The van der Waals surface area contributed by atoms with Crippen LogP contribution in [0.1, 0.15) is 50.2 Å². The summed E-state index contributed by atoms with van der Waals surface area (Å²) in [5, 5.41) is 0. The molecular formula is C21H25ClO. The molecule has 1 saturated carbocycles. The number of alkyl halides is 1. The Morgan fingerprint density at radius 2 is 2.00 bits per heavy atom. The molecule has 0 bridgehead atoms. The molecule has 1 fully saturated rings. The van der Waals surface area contributed by atoms with Crippen molar-refractivity contribution in [3.63, 3.8) is 0 Å². The van der Waals surface area contributed by atoms with Gasteiger partial charge in [0, 0.05) is 5.88 Å². The highest BCUT2D eigenvalue weighted by atomic mass is 35.5. The van der Waals surface area contributed by atoms with Crippen LogP contribution in [0.4, 0.5) is 0 Å². The third kappa shape index (κ3) is 3.26. The van der Waals surface area contributed by atoms with Crippen LogP contribution in [-0.4, -0.2) is 7.11 Å². The number of halogens is 1. The second kappa shape index (κ2) is 6.57. The minimum Gasteiger partial charge on any atom is -0.497 e. The third-order valence-electron chi connectivity index (χ3n) is 5.28. The summed E-state index contributed by atoms with van der Waals surface area (Å²) in [6.45, 7) is 4.79. The summed E-state index contributed by atoms with van der Waals surface area (Å²) in [6.07, 6.45) is 3.86. The lowest BCUT2D eigenvalue weighted by Crippen LogP contribution is -2.16. The minimum atomic E-state index is 0.346. The van der Waals surface area contributed by atoms with Crippen LogP contribution in [0.15, 0.2) is 42.5 Å². The van der Waals surface area contributed by atoms with Gasteiger partial charge in [-0.15, -0.1) is 11.6 Å². The van der Waals surface area contributed by atoms with E-state index in [2.05, 4.69) is 50.2 Å². The van der Waals surface area contributed by atoms with E-state index in [-0.39, 0.29) is 0 Å². The fourth-order valence-corrected chi connectivity index (χ4v) is 4.11. The van der Waals surface area contributed by atoms with Crippen LogP contribution in [0.5, 0.6) is 5.75 Å². The van der Waals surface area contributed by atoms with Gasteiger partial charge in [-0.05, 0) is 58.6 Å². The van der Waals surface area contributed by atoms with Crippen molar-refractivity contribution in [3.8, 4) is 16.9 Å². The van der Waals surface area contributed by atoms with E-state index in [9.17, 15) is 0 Å². The summed E-state index contributed by atoms with van der Waals surface area (Å²) in [6, 6.07) is 15.1. The van der Waals surface area contributed by atoms with Crippen LogP contribution in [-0.2, 0) is 5.88 Å². The Balaban J connectivity index is 2.13. The topological polar surface area (TPSA) is 9.23 Å². The Kier molecular flexibility index (Phi) is 4.68. The van der Waals surface area contributed by atoms with Gasteiger partial charge in [0.15, 0.2) is 0 Å². The Morgan fingerprint density at radius 3 is 2.65 bits per heavy atom. The van der Waals surface area contributed by atoms with E-state index in [1.165, 1.54) is 41.5 Å². The van der Waals surface area contributed by atoms with Gasteiger partial charge in [0.25, 0.3) is 0 Å². The van der Waals surface area contributed by atoms with E-state index in [0.29, 0.717) is 17.2 Å². The third-order valence-corrected chi connectivity index (χ3v) is 5.59. The zero-order chi connectivity index (χ0) is 16.4. The quantitative estimate of drug-likeness (QED) is 0.590. The van der Waals surface area contributed by atoms with Gasteiger partial charge in [-0.1, -0.05) is 50.6 Å². The van der Waals surface area contributed by atoms with Crippen LogP contribution >= 0.6 is 11.6 Å². The number of ether oxygens (including phenoxy) is 1. The molecule has 1 nitrogen and oxygen atoms in total. The molecule has 0 unspecified atom stereocenters. The molecule has 2 aromatic rings. The molecule has 23 heavy (non-hydrogen) atoms. The molecule has 2 aromatic carbocycles. The molecule has 0 aromatic heterocycles. The standard InChI is InChI=1S/C21H25ClO/c1-21(2)11-5-8-20(21)19-12-15(14-22)9-10-18(19)16-6-4-7-17(13-16)23-3/h4,6-7,9-10,12-13,20H,5,8,11,14H2,1-3H3/t20-/m1/s1. The number of rotatable bonds is 4. The Morgan fingerprint density at radius 1 is 1.17 bits per heavy atom. The van der Waals surface area contributed by atoms with Crippen molar-refractivity contribution >= 4 is 11.6 Å². The van der Waals surface area contributed by atoms with Gasteiger partial charge in [-0.25, -0.2) is 0 Å². The lowest BCUT2D eigenvalue weighted by molar-refractivity contribution is 0.333. The minimum absolute atomic E-state index is 0.346. The molecule has 0 radical (unpaired) electrons. The van der Waals surface area contributed by atoms with Crippen molar-refractivity contribution in [2.45, 2.75) is 44.9 Å². The summed E-state index contributed by atoms with van der Waals surface area (Å²) in [4.78, 5) is 0. The van der Waals surface area contributed by atoms with Crippen LogP contribution in [0.3, 0.4) is 0 Å². The van der Waals surface area contributed by atoms with Gasteiger partial charge in [0.1, 0.15) is 5.75 Å². The highest BCUT2D eigenvalue weighted by Gasteiger charge is 2.36. The van der Waals surface area contributed by atoms with Crippen LogP contribution in [0.25, 0.3) is 11.1 Å². The average molecular weight is 329 g/mol. The molecule has 1 aliphatic carbocycles. The molecule has 0 aliphatic heterocycles. The number of benzene rings is 2. The molecule has 0 spiro atoms. The Labute approximate surface area is 144 Å². The predicted octanol–water partition coefficient (Wildman–Crippen LogP) is 6.39. The summed E-state index contributed by atoms with van der Waals surface area (Å²) >= 11 is 6.10. The van der Waals surface area contributed by atoms with Gasteiger partial charge in [-0.2, -0.15) is 0 Å². The SMILES string of the molecule is COc1cccc(-c2ccc(CCl)cc2[C@H]2CCCC2(C)C)c1. The number of methoxy groups -OCH3 is 1. The lowest BCUT2D eigenvalue weighted by Gasteiger charge is -2.29. The van der Waals surface area contributed by atoms with E-state index in [4.69, 9.17) is 16.3 Å². The molecule has 2 heteroatoms. The van der Waals surface area contributed by atoms with Gasteiger partial charge in [0.05, 0.1) is 7.11 Å². The van der Waals surface area contributed by atoms with Crippen LogP contribution < -0.4 is 4.74 Å². The molecule has 0 saturated heterocycles. The first-order valence-corrected chi connectivity index (χ1v) is 8.92. The molecule has 0 N–H and O–H groups in total. The van der Waals surface area contributed by atoms with Gasteiger partial charge >= 0.3 is 0 Å². The maximum absolute atomic E-state index is 6.10. The Bertz CT molecular complexity index is 690. The molecule has 3 rings (SSSR count). The molecular weight excluding hydrogens is 304 g/mol. The average Bonchev–Trinajstić information content (AvgIpc) is 2.93. The molecule has 122 valence electrons. The van der Waals surface area contributed by atoms with E-state index in [0.717, 1.165) is 5.75 Å². The fraction of sp³-hybridized carbons (Fsp3) is 0.429. The first kappa shape index (κ1) is 16.4. The predicted molar refractivity (Wildman–Crippen MR) is 98.4 cm³/mol. The molecule has 1 atom stereocenters. The highest BCUT2D eigenvalue weighted by Crippen LogP contribution is 2.51. The highest BCUT2D eigenvalue weighted by molar-refractivity contribution is 6.17. The maximum Gasteiger partial charge on any atom is 0.119 e. The van der Waals surface area contributed by atoms with Crippen LogP contribution in [0, 0.1) is 5.41 Å². The summed E-state index contributed by atoms with van der Waals surface area (Å²) < 4.78 is 5.41. The fourth-order valence-electron chi connectivity index (χ4n) is 3.94. The number of hydrogen-bond acceptors (Lipinski definition) is 1. The smallest absolute Gasteiger partial charge is 0.119 e. The van der Waals surface area contributed by atoms with Crippen molar-refractivity contribution < 1.29 is 4.74 Å². The van der Waals surface area contributed by atoms with Crippen LogP contribution in [0.2, 0.25) is 0 Å². The summed E-state index contributed by atoms with van der Waals surface area (Å²) in [5.41, 5.74) is 5.54. The lowest BCUT2D eigenvalue weighted by atomic mass is 9.75. The van der Waals surface area contributed by atoms with Crippen molar-refractivity contribution in [1.82, 2.24) is 0 Å². The molecule has 0 heterocycles. The zero-order valence-corrected chi connectivity index (χ0v) is 15.0. The number of hydrogen-bond donors (Lipinski definition) is 0. The van der Waals surface area contributed by atoms with Crippen molar-refractivity contribution in [2.75, 3.05) is 7.11 Å². The zero-order valence-electron chi connectivity index (χ0n) is 14.2. The first-order chi connectivity index (χ1) is 11.0.